The number of hydrogen-bond donors (Lipinski definition) is 1. The van der Waals surface area contributed by atoms with Crippen LogP contribution in [0, 0.1) is 0 Å². The van der Waals surface area contributed by atoms with Crippen molar-refractivity contribution in [2.45, 2.75) is 78.4 Å². The maximum Gasteiger partial charge on any atom is 0.243 e. The molecule has 1 atom stereocenters. The molecule has 0 amide bonds. The fraction of sp³-hybridized carbons (Fsp3) is 0.625. The largest absolute Gasteiger partial charge is 0.399 e. The first-order chi connectivity index (χ1) is 13.9. The second-order valence-electron chi connectivity index (χ2n) is 11.1. The Bertz CT molecular complexity index is 876. The van der Waals surface area contributed by atoms with Gasteiger partial charge in [0.25, 0.3) is 0 Å². The summed E-state index contributed by atoms with van der Waals surface area (Å²) in [6, 6.07) is 0.545. The molecular formula is C24H43N4Si2+. The van der Waals surface area contributed by atoms with Crippen LogP contribution in [0.5, 0.6) is 0 Å². The summed E-state index contributed by atoms with van der Waals surface area (Å²) in [6.07, 6.45) is 9.93. The number of nitrogens with two attached hydrogens (primary N) is 1. The standard InChI is InChI=1S/C24H43N4Si2/c1-10-19-22(27-13-12-18(16-27)28-15-14-26(3)17-28)20(11-2)24(30(7,8)9)21(25)23(19)29(4,5)6/h14-15,17-18H,10-13,16,25H2,1-9H3/q+1. The summed E-state index contributed by atoms with van der Waals surface area (Å²) in [4.78, 5) is 2.70. The van der Waals surface area contributed by atoms with Gasteiger partial charge in [0.15, 0.2) is 0 Å². The molecule has 0 saturated carbocycles. The van der Waals surface area contributed by atoms with Gasteiger partial charge in [-0.3, -0.25) is 0 Å². The molecule has 1 aromatic heterocycles. The van der Waals surface area contributed by atoms with Crippen LogP contribution in [0.2, 0.25) is 39.3 Å². The van der Waals surface area contributed by atoms with Gasteiger partial charge in [-0.05, 0) is 34.3 Å². The lowest BCUT2D eigenvalue weighted by Gasteiger charge is -2.36. The lowest BCUT2D eigenvalue weighted by molar-refractivity contribution is -0.671. The van der Waals surface area contributed by atoms with Crippen LogP contribution in [0.4, 0.5) is 11.4 Å². The van der Waals surface area contributed by atoms with Crippen molar-refractivity contribution in [3.8, 4) is 0 Å². The van der Waals surface area contributed by atoms with Gasteiger partial charge < -0.3 is 10.6 Å². The van der Waals surface area contributed by atoms with Crippen molar-refractivity contribution >= 4 is 37.9 Å². The quantitative estimate of drug-likeness (QED) is 0.421. The highest BCUT2D eigenvalue weighted by molar-refractivity contribution is 6.94. The van der Waals surface area contributed by atoms with Crippen LogP contribution in [-0.2, 0) is 19.9 Å². The molecular weight excluding hydrogens is 400 g/mol. The zero-order valence-corrected chi connectivity index (χ0v) is 22.8. The molecule has 0 aliphatic carbocycles. The molecule has 3 rings (SSSR count). The second kappa shape index (κ2) is 8.19. The highest BCUT2D eigenvalue weighted by Gasteiger charge is 2.37. The number of imidazole rings is 1. The van der Waals surface area contributed by atoms with E-state index in [1.165, 1.54) is 16.8 Å². The number of nitrogens with zero attached hydrogens (tertiary/aromatic N) is 3. The number of hydrogen-bond acceptors (Lipinski definition) is 2. The smallest absolute Gasteiger partial charge is 0.243 e. The minimum atomic E-state index is -1.59. The van der Waals surface area contributed by atoms with E-state index in [4.69, 9.17) is 5.73 Å². The van der Waals surface area contributed by atoms with Gasteiger partial charge in [0.05, 0.1) is 29.7 Å². The van der Waals surface area contributed by atoms with E-state index in [0.29, 0.717) is 6.04 Å². The van der Waals surface area contributed by atoms with Gasteiger partial charge in [0.1, 0.15) is 18.4 Å². The Morgan fingerprint density at radius 2 is 1.53 bits per heavy atom. The van der Waals surface area contributed by atoms with Crippen LogP contribution in [0.25, 0.3) is 0 Å². The van der Waals surface area contributed by atoms with E-state index >= 15 is 0 Å². The molecule has 2 heterocycles. The van der Waals surface area contributed by atoms with Gasteiger partial charge in [-0.15, -0.1) is 0 Å². The van der Waals surface area contributed by atoms with Gasteiger partial charge in [0.2, 0.25) is 6.33 Å². The molecule has 0 spiro atoms. The van der Waals surface area contributed by atoms with E-state index < -0.39 is 16.1 Å². The lowest BCUT2D eigenvalue weighted by Crippen LogP contribution is -2.52. The maximum absolute atomic E-state index is 7.04. The van der Waals surface area contributed by atoms with Crippen molar-refractivity contribution in [1.82, 2.24) is 4.57 Å². The SMILES string of the molecule is CCc1c(N2CCC(n3cc[n+](C)c3)C2)c(CC)c([Si](C)(C)C)c(N)c1[Si](C)(C)C. The lowest BCUT2D eigenvalue weighted by atomic mass is 10.00. The number of aryl methyl sites for hydroxylation is 1. The molecule has 4 nitrogen and oxygen atoms in total. The Morgan fingerprint density at radius 3 is 1.93 bits per heavy atom. The third kappa shape index (κ3) is 4.13. The zero-order chi connectivity index (χ0) is 22.4. The monoisotopic (exact) mass is 443 g/mol. The number of rotatable bonds is 6. The molecule has 6 heteroatoms. The van der Waals surface area contributed by atoms with E-state index in [9.17, 15) is 0 Å². The second-order valence-corrected chi connectivity index (χ2v) is 21.1. The Kier molecular flexibility index (Phi) is 6.31. The van der Waals surface area contributed by atoms with Gasteiger partial charge in [0, 0.05) is 24.3 Å². The fourth-order valence-electron chi connectivity index (χ4n) is 5.53. The van der Waals surface area contributed by atoms with Crippen LogP contribution in [0.1, 0.15) is 37.4 Å². The van der Waals surface area contributed by atoms with Crippen LogP contribution < -0.4 is 25.6 Å². The molecule has 1 aromatic carbocycles. The van der Waals surface area contributed by atoms with Crippen molar-refractivity contribution in [2.24, 2.45) is 7.05 Å². The van der Waals surface area contributed by atoms with E-state index in [0.717, 1.165) is 31.6 Å². The number of anilines is 2. The van der Waals surface area contributed by atoms with Gasteiger partial charge in [-0.1, -0.05) is 53.1 Å². The summed E-state index contributed by atoms with van der Waals surface area (Å²) in [5.41, 5.74) is 12.8. The normalized spacial score (nSPS) is 17.8. The third-order valence-corrected chi connectivity index (χ3v) is 10.8. The van der Waals surface area contributed by atoms with Crippen molar-refractivity contribution in [1.29, 1.82) is 0 Å². The summed E-state index contributed by atoms with van der Waals surface area (Å²) in [5.74, 6) is 0. The molecule has 166 valence electrons. The maximum atomic E-state index is 7.04. The molecule has 0 radical (unpaired) electrons. The highest BCUT2D eigenvalue weighted by Crippen LogP contribution is 2.35. The van der Waals surface area contributed by atoms with Crippen molar-refractivity contribution < 1.29 is 4.57 Å². The van der Waals surface area contributed by atoms with Crippen molar-refractivity contribution in [3.63, 3.8) is 0 Å². The predicted molar refractivity (Wildman–Crippen MR) is 137 cm³/mol. The number of nitrogen functional groups attached to an aromatic ring is 1. The Balaban J connectivity index is 2.22. The van der Waals surface area contributed by atoms with Crippen LogP contribution in [-0.4, -0.2) is 33.8 Å². The third-order valence-electron chi connectivity index (χ3n) is 6.61. The number of benzene rings is 1. The first-order valence-corrected chi connectivity index (χ1v) is 18.7. The molecule has 1 aliphatic rings. The van der Waals surface area contributed by atoms with Gasteiger partial charge >= 0.3 is 0 Å². The molecule has 1 unspecified atom stereocenters. The topological polar surface area (TPSA) is 38.1 Å². The average Bonchev–Trinajstić information content (AvgIpc) is 3.26. The summed E-state index contributed by atoms with van der Waals surface area (Å²) in [7, 11) is -1.07. The molecule has 30 heavy (non-hydrogen) atoms. The fourth-order valence-corrected chi connectivity index (χ4v) is 9.92. The molecule has 1 saturated heterocycles. The van der Waals surface area contributed by atoms with Crippen molar-refractivity contribution in [2.75, 3.05) is 23.7 Å². The first kappa shape index (κ1) is 23.1. The Hall–Kier alpha value is -1.54. The summed E-state index contributed by atoms with van der Waals surface area (Å²) >= 11 is 0. The average molecular weight is 444 g/mol. The predicted octanol–water partition coefficient (Wildman–Crippen LogP) is 3.56. The van der Waals surface area contributed by atoms with Crippen LogP contribution >= 0.6 is 0 Å². The van der Waals surface area contributed by atoms with Crippen LogP contribution in [0.3, 0.4) is 0 Å². The zero-order valence-electron chi connectivity index (χ0n) is 20.8. The minimum Gasteiger partial charge on any atom is -0.399 e. The summed E-state index contributed by atoms with van der Waals surface area (Å²) < 4.78 is 4.54. The molecule has 0 bridgehead atoms. The molecule has 2 N–H and O–H groups in total. The minimum absolute atomic E-state index is 0.545. The van der Waals surface area contributed by atoms with Gasteiger partial charge in [-0.25, -0.2) is 9.13 Å². The van der Waals surface area contributed by atoms with E-state index in [1.807, 2.05) is 0 Å². The first-order valence-electron chi connectivity index (χ1n) is 11.7. The molecule has 2 aromatic rings. The molecule has 1 fully saturated rings. The summed E-state index contributed by atoms with van der Waals surface area (Å²) in [6.45, 7) is 21.7. The highest BCUT2D eigenvalue weighted by atomic mass is 28.3. The van der Waals surface area contributed by atoms with E-state index in [1.54, 1.807) is 16.8 Å². The van der Waals surface area contributed by atoms with Gasteiger partial charge in [-0.2, -0.15) is 0 Å². The Morgan fingerprint density at radius 1 is 1.00 bits per heavy atom. The van der Waals surface area contributed by atoms with E-state index in [-0.39, 0.29) is 0 Å². The molecule has 1 aliphatic heterocycles. The van der Waals surface area contributed by atoms with E-state index in [2.05, 4.69) is 92.9 Å². The Labute approximate surface area is 186 Å². The van der Waals surface area contributed by atoms with Crippen LogP contribution in [0.15, 0.2) is 18.7 Å². The number of aromatic nitrogens is 2. The van der Waals surface area contributed by atoms with Crippen molar-refractivity contribution in [3.05, 3.63) is 29.8 Å². The summed E-state index contributed by atoms with van der Waals surface area (Å²) in [5, 5.41) is 3.07.